The van der Waals surface area contributed by atoms with Gasteiger partial charge < -0.3 is 25.6 Å². The number of likely N-dealkylation sites (tertiary alicyclic amines) is 1. The normalized spacial score (nSPS) is 28.5. The maximum absolute atomic E-state index is 13.2. The van der Waals surface area contributed by atoms with Crippen LogP contribution in [0.25, 0.3) is 5.57 Å². The number of Topliss-reactive ketones (excluding diaryl/α,β-unsaturated/α-hetero) is 1. The first kappa shape index (κ1) is 31.8. The first-order valence-electron chi connectivity index (χ1n) is 17.4. The Morgan fingerprint density at radius 2 is 1.72 bits per heavy atom. The number of aromatic amines is 1. The van der Waals surface area contributed by atoms with Crippen molar-refractivity contribution >= 4 is 29.1 Å². The van der Waals surface area contributed by atoms with Crippen LogP contribution in [0.2, 0.25) is 0 Å². The highest BCUT2D eigenvalue weighted by Crippen LogP contribution is 2.42. The van der Waals surface area contributed by atoms with E-state index in [-0.39, 0.29) is 47.7 Å². The van der Waals surface area contributed by atoms with Gasteiger partial charge in [0.05, 0.1) is 6.54 Å². The molecule has 5 heterocycles. The molecule has 0 saturated carbocycles. The lowest BCUT2D eigenvalue weighted by Crippen LogP contribution is -2.56. The minimum absolute atomic E-state index is 0.0428. The summed E-state index contributed by atoms with van der Waals surface area (Å²) in [7, 11) is 0. The standard InChI is InChI=1S/C36H46N6O5/c1-22-32(37)35(46)40-17-3-4-29(40)33-39-28(21-41(22)33)26-9-5-24(6-10-26)25-7-11-27(12-8-25)31(44)20-38-34(45)30-13-14-36(42(30)23(2)43)15-18-47-19-16-36/h5,7,9,11,21-22,29-30,32H,3-4,6,8,10,12-20,37H2,1-2H3,(H,38,45)/p+1. The van der Waals surface area contributed by atoms with Gasteiger partial charge in [0.2, 0.25) is 17.7 Å². The summed E-state index contributed by atoms with van der Waals surface area (Å²) in [5.74, 6) is 0.686. The van der Waals surface area contributed by atoms with E-state index < -0.39 is 12.1 Å². The number of rotatable bonds is 6. The van der Waals surface area contributed by atoms with Gasteiger partial charge in [0.1, 0.15) is 30.4 Å². The van der Waals surface area contributed by atoms with Crippen LogP contribution in [0.15, 0.2) is 47.2 Å². The van der Waals surface area contributed by atoms with Gasteiger partial charge >= 0.3 is 0 Å². The zero-order chi connectivity index (χ0) is 32.9. The summed E-state index contributed by atoms with van der Waals surface area (Å²) in [6.07, 6.45) is 18.5. The van der Waals surface area contributed by atoms with E-state index in [9.17, 15) is 19.2 Å². The van der Waals surface area contributed by atoms with Crippen LogP contribution >= 0.6 is 0 Å². The van der Waals surface area contributed by atoms with Crippen molar-refractivity contribution in [3.05, 3.63) is 58.7 Å². The molecule has 4 aliphatic heterocycles. The van der Waals surface area contributed by atoms with E-state index in [4.69, 9.17) is 10.5 Å². The molecule has 2 aliphatic carbocycles. The molecule has 6 aliphatic rings. The van der Waals surface area contributed by atoms with Gasteiger partial charge in [-0.3, -0.25) is 19.2 Å². The number of hydrogen-bond acceptors (Lipinski definition) is 6. The van der Waals surface area contributed by atoms with E-state index in [1.807, 2.05) is 24.0 Å². The van der Waals surface area contributed by atoms with Crippen LogP contribution in [0.5, 0.6) is 0 Å². The summed E-state index contributed by atoms with van der Waals surface area (Å²) in [5, 5.41) is 2.84. The molecule has 7 rings (SSSR count). The van der Waals surface area contributed by atoms with Gasteiger partial charge in [-0.05, 0) is 87.9 Å². The third-order valence-electron chi connectivity index (χ3n) is 11.5. The Hall–Kier alpha value is -3.83. The predicted octanol–water partition coefficient (Wildman–Crippen LogP) is 2.86. The van der Waals surface area contributed by atoms with Crippen LogP contribution in [-0.2, 0) is 23.9 Å². The Morgan fingerprint density at radius 1 is 1.02 bits per heavy atom. The topological polar surface area (TPSA) is 142 Å². The van der Waals surface area contributed by atoms with E-state index in [2.05, 4.69) is 33.2 Å². The number of H-pyrrole nitrogens is 1. The number of imidazole rings is 1. The lowest BCUT2D eigenvalue weighted by Gasteiger charge is -2.42. The monoisotopic (exact) mass is 643 g/mol. The molecule has 0 aromatic carbocycles. The fraction of sp³-hybridized carbons (Fsp3) is 0.583. The maximum Gasteiger partial charge on any atom is 0.278 e. The Balaban J connectivity index is 0.983. The van der Waals surface area contributed by atoms with Crippen molar-refractivity contribution in [1.29, 1.82) is 0 Å². The molecular weight excluding hydrogens is 596 g/mol. The van der Waals surface area contributed by atoms with Crippen molar-refractivity contribution in [3.63, 3.8) is 0 Å². The summed E-state index contributed by atoms with van der Waals surface area (Å²) in [6.45, 7) is 5.45. The largest absolute Gasteiger partial charge is 0.381 e. The number of fused-ring (bicyclic) bond motifs is 3. The summed E-state index contributed by atoms with van der Waals surface area (Å²) in [4.78, 5) is 59.1. The number of hydrogen-bond donors (Lipinski definition) is 3. The molecule has 3 fully saturated rings. The fourth-order valence-corrected chi connectivity index (χ4v) is 8.78. The first-order chi connectivity index (χ1) is 22.7. The number of nitrogens with one attached hydrogen (secondary N) is 2. The number of nitrogens with two attached hydrogens (primary N) is 1. The smallest absolute Gasteiger partial charge is 0.278 e. The SMILES string of the molecule is CC(=O)N1C(C(=O)NCC(=O)C2=CC=C(C3=CC=C(c4c[n+]5c([nH]4)C4CCCN4C(=O)C(N)C5C)CC3)CC2)CCC12CCOCC2. The second-order valence-corrected chi connectivity index (χ2v) is 14.1. The lowest BCUT2D eigenvalue weighted by molar-refractivity contribution is -0.726. The van der Waals surface area contributed by atoms with Crippen LogP contribution in [-0.4, -0.2) is 82.2 Å². The number of ketones is 1. The molecule has 47 heavy (non-hydrogen) atoms. The van der Waals surface area contributed by atoms with Crippen molar-refractivity contribution < 1.29 is 28.5 Å². The van der Waals surface area contributed by atoms with Crippen molar-refractivity contribution in [1.82, 2.24) is 20.1 Å². The summed E-state index contributed by atoms with van der Waals surface area (Å²) < 4.78 is 7.70. The Bertz CT molecular complexity index is 1610. The molecule has 0 radical (unpaired) electrons. The predicted molar refractivity (Wildman–Crippen MR) is 174 cm³/mol. The lowest BCUT2D eigenvalue weighted by atomic mass is 9.86. The van der Waals surface area contributed by atoms with E-state index in [0.717, 1.165) is 69.4 Å². The van der Waals surface area contributed by atoms with Gasteiger partial charge in [-0.2, -0.15) is 0 Å². The van der Waals surface area contributed by atoms with Crippen molar-refractivity contribution in [2.24, 2.45) is 5.73 Å². The van der Waals surface area contributed by atoms with Crippen LogP contribution < -0.4 is 15.6 Å². The van der Waals surface area contributed by atoms with E-state index in [0.29, 0.717) is 31.6 Å². The number of amides is 3. The zero-order valence-corrected chi connectivity index (χ0v) is 27.6. The minimum atomic E-state index is -0.550. The number of nitrogens with zero attached hydrogens (tertiary/aromatic N) is 3. The zero-order valence-electron chi connectivity index (χ0n) is 27.6. The maximum atomic E-state index is 13.2. The number of aromatic nitrogens is 2. The molecule has 4 N–H and O–H groups in total. The van der Waals surface area contributed by atoms with Gasteiger partial charge in [-0.1, -0.05) is 24.3 Å². The third kappa shape index (κ3) is 5.71. The van der Waals surface area contributed by atoms with Gasteiger partial charge in [-0.25, -0.2) is 9.55 Å². The molecule has 11 heteroatoms. The molecule has 4 atom stereocenters. The van der Waals surface area contributed by atoms with Gasteiger partial charge in [0.25, 0.3) is 5.82 Å². The molecular formula is C36H47N6O5+. The van der Waals surface area contributed by atoms with Crippen LogP contribution in [0.1, 0.15) is 102 Å². The molecule has 0 bridgehead atoms. The summed E-state index contributed by atoms with van der Waals surface area (Å²) >= 11 is 0. The number of carbonyl (C=O) groups excluding carboxylic acids is 4. The Kier molecular flexibility index (Phi) is 8.55. The Labute approximate surface area is 275 Å². The molecule has 3 saturated heterocycles. The molecule has 11 nitrogen and oxygen atoms in total. The second-order valence-electron chi connectivity index (χ2n) is 14.1. The molecule has 3 amide bonds. The second kappa shape index (κ2) is 12.6. The average Bonchev–Trinajstić information content (AvgIpc) is 3.83. The summed E-state index contributed by atoms with van der Waals surface area (Å²) in [5.41, 5.74) is 11.6. The van der Waals surface area contributed by atoms with Gasteiger partial charge in [-0.15, -0.1) is 0 Å². The summed E-state index contributed by atoms with van der Waals surface area (Å²) in [6, 6.07) is -1.15. The number of allylic oxidation sites excluding steroid dienone is 7. The van der Waals surface area contributed by atoms with Crippen molar-refractivity contribution in [3.8, 4) is 0 Å². The molecule has 1 aromatic rings. The molecule has 1 spiro atoms. The van der Waals surface area contributed by atoms with Crippen LogP contribution in [0.3, 0.4) is 0 Å². The molecule has 1 aromatic heterocycles. The fourth-order valence-electron chi connectivity index (χ4n) is 8.78. The quantitative estimate of drug-likeness (QED) is 0.407. The highest BCUT2D eigenvalue weighted by Gasteiger charge is 2.51. The molecule has 250 valence electrons. The first-order valence-corrected chi connectivity index (χ1v) is 17.4. The number of carbonyl (C=O) groups is 4. The van der Waals surface area contributed by atoms with Crippen LogP contribution in [0, 0.1) is 0 Å². The van der Waals surface area contributed by atoms with Crippen molar-refractivity contribution in [2.75, 3.05) is 26.3 Å². The van der Waals surface area contributed by atoms with Gasteiger partial charge in [0.15, 0.2) is 11.5 Å². The molecule has 4 unspecified atom stereocenters. The Morgan fingerprint density at radius 3 is 2.40 bits per heavy atom. The van der Waals surface area contributed by atoms with E-state index in [1.54, 1.807) is 4.90 Å². The highest BCUT2D eigenvalue weighted by atomic mass is 16.5. The van der Waals surface area contributed by atoms with Crippen LogP contribution in [0.4, 0.5) is 0 Å². The number of ether oxygens (including phenoxy) is 1. The highest BCUT2D eigenvalue weighted by molar-refractivity contribution is 6.00. The van der Waals surface area contributed by atoms with Gasteiger partial charge in [0, 0.05) is 37.8 Å². The average molecular weight is 644 g/mol. The minimum Gasteiger partial charge on any atom is -0.381 e. The van der Waals surface area contributed by atoms with E-state index in [1.165, 1.54) is 23.6 Å². The van der Waals surface area contributed by atoms with Crippen molar-refractivity contribution in [2.45, 2.75) is 108 Å². The van der Waals surface area contributed by atoms with E-state index >= 15 is 0 Å². The third-order valence-corrected chi connectivity index (χ3v) is 11.5.